The first-order valence-corrected chi connectivity index (χ1v) is 7.39. The van der Waals surface area contributed by atoms with Crippen LogP contribution in [0, 0.1) is 6.92 Å². The van der Waals surface area contributed by atoms with Gasteiger partial charge in [0.05, 0.1) is 23.8 Å². The van der Waals surface area contributed by atoms with Crippen molar-refractivity contribution in [3.8, 4) is 11.6 Å². The summed E-state index contributed by atoms with van der Waals surface area (Å²) in [6, 6.07) is 3.87. The van der Waals surface area contributed by atoms with Gasteiger partial charge >= 0.3 is 0 Å². The molecule has 2 heterocycles. The fourth-order valence-corrected chi connectivity index (χ4v) is 1.94. The van der Waals surface area contributed by atoms with Crippen molar-refractivity contribution in [1.29, 1.82) is 0 Å². The maximum Gasteiger partial charge on any atom is 0.237 e. The number of ether oxygens (including phenoxy) is 1. The van der Waals surface area contributed by atoms with Crippen LogP contribution in [0.2, 0.25) is 0 Å². The van der Waals surface area contributed by atoms with Crippen LogP contribution in [0.1, 0.15) is 37.4 Å². The smallest absolute Gasteiger partial charge is 0.237 e. The number of aryl methyl sites for hydroxylation is 2. The average Bonchev–Trinajstić information content (AvgIpc) is 2.51. The molecule has 2 aromatic heterocycles. The molecule has 0 fully saturated rings. The molecule has 0 bridgehead atoms. The van der Waals surface area contributed by atoms with Crippen LogP contribution in [0.5, 0.6) is 11.6 Å². The molecule has 112 valence electrons. The molecule has 0 aliphatic carbocycles. The molecule has 0 spiro atoms. The number of nitrogens with one attached hydrogen (secondary N) is 1. The first kappa shape index (κ1) is 15.4. The minimum absolute atomic E-state index is 0.495. The van der Waals surface area contributed by atoms with E-state index in [9.17, 15) is 0 Å². The Balaban J connectivity index is 2.03. The first-order valence-electron chi connectivity index (χ1n) is 7.39. The van der Waals surface area contributed by atoms with E-state index in [1.165, 1.54) is 0 Å². The molecule has 21 heavy (non-hydrogen) atoms. The zero-order valence-corrected chi connectivity index (χ0v) is 12.9. The van der Waals surface area contributed by atoms with Gasteiger partial charge in [-0.1, -0.05) is 13.8 Å². The molecule has 0 atom stereocenters. The van der Waals surface area contributed by atoms with Crippen molar-refractivity contribution in [2.75, 3.05) is 6.54 Å². The largest absolute Gasteiger partial charge is 0.436 e. The molecule has 2 aromatic rings. The Morgan fingerprint density at radius 3 is 2.67 bits per heavy atom. The van der Waals surface area contributed by atoms with E-state index in [4.69, 9.17) is 4.74 Å². The summed E-state index contributed by atoms with van der Waals surface area (Å²) in [5.41, 5.74) is 2.83. The lowest BCUT2D eigenvalue weighted by Crippen LogP contribution is -2.14. The number of rotatable bonds is 7. The summed E-state index contributed by atoms with van der Waals surface area (Å²) >= 11 is 0. The summed E-state index contributed by atoms with van der Waals surface area (Å²) in [5, 5.41) is 3.29. The van der Waals surface area contributed by atoms with Crippen LogP contribution in [-0.2, 0) is 13.0 Å². The third-order valence-corrected chi connectivity index (χ3v) is 3.04. The molecule has 0 saturated carbocycles. The molecular formula is C16H22N4O. The van der Waals surface area contributed by atoms with Crippen LogP contribution in [0.15, 0.2) is 24.5 Å². The highest BCUT2D eigenvalue weighted by Crippen LogP contribution is 2.22. The highest BCUT2D eigenvalue weighted by atomic mass is 16.5. The standard InChI is InChI=1S/C16H22N4O/c1-4-8-17-9-13-10-19-16(11-18-13)21-15-7-6-12(3)20-14(15)5-2/h6-7,10-11,17H,4-5,8-9H2,1-3H3. The monoisotopic (exact) mass is 286 g/mol. The third-order valence-electron chi connectivity index (χ3n) is 3.04. The Morgan fingerprint density at radius 1 is 1.14 bits per heavy atom. The van der Waals surface area contributed by atoms with Gasteiger partial charge in [0.25, 0.3) is 0 Å². The molecule has 5 heteroatoms. The van der Waals surface area contributed by atoms with Gasteiger partial charge in [-0.2, -0.15) is 0 Å². The van der Waals surface area contributed by atoms with Gasteiger partial charge in [0, 0.05) is 12.2 Å². The van der Waals surface area contributed by atoms with E-state index >= 15 is 0 Å². The second-order valence-electron chi connectivity index (χ2n) is 4.88. The Bertz CT molecular complexity index is 569. The second kappa shape index (κ2) is 7.69. The van der Waals surface area contributed by atoms with Gasteiger partial charge in [0.2, 0.25) is 5.88 Å². The van der Waals surface area contributed by atoms with Crippen molar-refractivity contribution in [2.24, 2.45) is 0 Å². The lowest BCUT2D eigenvalue weighted by Gasteiger charge is -2.09. The van der Waals surface area contributed by atoms with E-state index in [0.717, 1.165) is 48.8 Å². The van der Waals surface area contributed by atoms with Crippen LogP contribution in [0.3, 0.4) is 0 Å². The van der Waals surface area contributed by atoms with Crippen LogP contribution in [0.25, 0.3) is 0 Å². The minimum atomic E-state index is 0.495. The number of hydrogen-bond donors (Lipinski definition) is 1. The molecule has 1 N–H and O–H groups in total. The van der Waals surface area contributed by atoms with E-state index in [-0.39, 0.29) is 0 Å². The molecule has 0 unspecified atom stereocenters. The Morgan fingerprint density at radius 2 is 2.00 bits per heavy atom. The molecule has 0 radical (unpaired) electrons. The lowest BCUT2D eigenvalue weighted by atomic mass is 10.2. The van der Waals surface area contributed by atoms with Gasteiger partial charge in [-0.25, -0.2) is 4.98 Å². The third kappa shape index (κ3) is 4.49. The van der Waals surface area contributed by atoms with Crippen LogP contribution >= 0.6 is 0 Å². The summed E-state index contributed by atoms with van der Waals surface area (Å²) in [7, 11) is 0. The van der Waals surface area contributed by atoms with Gasteiger partial charge in [-0.15, -0.1) is 0 Å². The topological polar surface area (TPSA) is 59.9 Å². The Labute approximate surface area is 125 Å². The van der Waals surface area contributed by atoms with E-state index in [2.05, 4.69) is 34.1 Å². The van der Waals surface area contributed by atoms with Crippen molar-refractivity contribution in [3.05, 3.63) is 41.6 Å². The van der Waals surface area contributed by atoms with Crippen molar-refractivity contribution in [3.63, 3.8) is 0 Å². The summed E-state index contributed by atoms with van der Waals surface area (Å²) < 4.78 is 5.78. The van der Waals surface area contributed by atoms with Gasteiger partial charge in [0.1, 0.15) is 0 Å². The normalized spacial score (nSPS) is 10.6. The quantitative estimate of drug-likeness (QED) is 0.793. The van der Waals surface area contributed by atoms with E-state index in [1.54, 1.807) is 12.4 Å². The van der Waals surface area contributed by atoms with Crippen LogP contribution in [0.4, 0.5) is 0 Å². The Hall–Kier alpha value is -2.01. The highest BCUT2D eigenvalue weighted by Gasteiger charge is 2.07. The lowest BCUT2D eigenvalue weighted by molar-refractivity contribution is 0.450. The first-order chi connectivity index (χ1) is 10.2. The van der Waals surface area contributed by atoms with Crippen molar-refractivity contribution in [1.82, 2.24) is 20.3 Å². The SMILES string of the molecule is CCCNCc1cnc(Oc2ccc(C)nc2CC)cn1. The van der Waals surface area contributed by atoms with Gasteiger partial charge in [-0.3, -0.25) is 9.97 Å². The summed E-state index contributed by atoms with van der Waals surface area (Å²) in [6.07, 6.45) is 5.33. The zero-order valence-electron chi connectivity index (χ0n) is 12.9. The van der Waals surface area contributed by atoms with Crippen molar-refractivity contribution in [2.45, 2.75) is 40.2 Å². The zero-order chi connectivity index (χ0) is 15.1. The minimum Gasteiger partial charge on any atom is -0.436 e. The van der Waals surface area contributed by atoms with Gasteiger partial charge in [-0.05, 0) is 38.4 Å². The number of pyridine rings is 1. The summed E-state index contributed by atoms with van der Waals surface area (Å²) in [6.45, 7) is 7.88. The molecule has 0 aliphatic heterocycles. The van der Waals surface area contributed by atoms with Crippen LogP contribution in [-0.4, -0.2) is 21.5 Å². The van der Waals surface area contributed by atoms with Gasteiger partial charge < -0.3 is 10.1 Å². The molecule has 0 saturated heterocycles. The molecule has 0 amide bonds. The van der Waals surface area contributed by atoms with Crippen LogP contribution < -0.4 is 10.1 Å². The van der Waals surface area contributed by atoms with E-state index in [0.29, 0.717) is 5.88 Å². The molecule has 0 aromatic carbocycles. The maximum atomic E-state index is 5.78. The van der Waals surface area contributed by atoms with Crippen molar-refractivity contribution >= 4 is 0 Å². The van der Waals surface area contributed by atoms with E-state index in [1.807, 2.05) is 19.1 Å². The number of hydrogen-bond acceptors (Lipinski definition) is 5. The predicted molar refractivity (Wildman–Crippen MR) is 82.5 cm³/mol. The fraction of sp³-hybridized carbons (Fsp3) is 0.438. The molecule has 5 nitrogen and oxygen atoms in total. The second-order valence-corrected chi connectivity index (χ2v) is 4.88. The fourth-order valence-electron chi connectivity index (χ4n) is 1.94. The highest BCUT2D eigenvalue weighted by molar-refractivity contribution is 5.32. The predicted octanol–water partition coefficient (Wildman–Crippen LogP) is 3.03. The summed E-state index contributed by atoms with van der Waals surface area (Å²) in [5.74, 6) is 1.24. The van der Waals surface area contributed by atoms with E-state index < -0.39 is 0 Å². The van der Waals surface area contributed by atoms with Gasteiger partial charge in [0.15, 0.2) is 5.75 Å². The molecular weight excluding hydrogens is 264 g/mol. The Kier molecular flexibility index (Phi) is 5.63. The number of aromatic nitrogens is 3. The molecule has 2 rings (SSSR count). The summed E-state index contributed by atoms with van der Waals surface area (Å²) in [4.78, 5) is 13.1. The average molecular weight is 286 g/mol. The number of nitrogens with zero attached hydrogens (tertiary/aromatic N) is 3. The van der Waals surface area contributed by atoms with Crippen molar-refractivity contribution < 1.29 is 4.74 Å². The molecule has 0 aliphatic rings. The maximum absolute atomic E-state index is 5.78.